The van der Waals surface area contributed by atoms with Gasteiger partial charge in [0.25, 0.3) is 11.8 Å². The number of aromatic nitrogens is 5. The Labute approximate surface area is 239 Å². The quantitative estimate of drug-likeness (QED) is 0.365. The Morgan fingerprint density at radius 2 is 1.83 bits per heavy atom. The fourth-order valence-electron chi connectivity index (χ4n) is 4.98. The molecule has 0 radical (unpaired) electrons. The second kappa shape index (κ2) is 9.96. The smallest absolute Gasteiger partial charge is 0.435 e. The molecule has 14 heteroatoms. The van der Waals surface area contributed by atoms with Crippen LogP contribution in [0.5, 0.6) is 0 Å². The van der Waals surface area contributed by atoms with Crippen LogP contribution in [0.15, 0.2) is 47.1 Å². The van der Waals surface area contributed by atoms with Crippen molar-refractivity contribution in [3.63, 3.8) is 0 Å². The number of halogens is 2. The number of hydrogen-bond acceptors (Lipinski definition) is 9. The minimum Gasteiger partial charge on any atom is -0.442 e. The van der Waals surface area contributed by atoms with E-state index in [4.69, 9.17) is 9.15 Å². The van der Waals surface area contributed by atoms with Gasteiger partial charge < -0.3 is 28.8 Å². The highest BCUT2D eigenvalue weighted by Gasteiger charge is 2.47. The minimum absolute atomic E-state index is 0.211. The number of amides is 1. The van der Waals surface area contributed by atoms with Gasteiger partial charge in [-0.3, -0.25) is 4.79 Å². The van der Waals surface area contributed by atoms with E-state index in [1.54, 1.807) is 50.8 Å². The van der Waals surface area contributed by atoms with Crippen molar-refractivity contribution >= 4 is 29.7 Å². The molecule has 2 aliphatic rings. The Bertz CT molecular complexity index is 1640. The SMILES string of the molecule is Cn1c(C(=O)N2CC(F)(F)C2)cc2c1CN(c1nnc(Nc3ccc(-c4cnn(C(=O)OC(C)(C)C)c4)cc3)o1)CC2. The van der Waals surface area contributed by atoms with E-state index in [0.717, 1.165) is 37.7 Å². The van der Waals surface area contributed by atoms with Crippen LogP contribution in [0.4, 0.5) is 31.3 Å². The zero-order valence-corrected chi connectivity index (χ0v) is 23.6. The van der Waals surface area contributed by atoms with Gasteiger partial charge in [-0.15, -0.1) is 0 Å². The number of fused-ring (bicyclic) bond motifs is 1. The lowest BCUT2D eigenvalue weighted by Crippen LogP contribution is -2.58. The Balaban J connectivity index is 1.09. The third-order valence-corrected chi connectivity index (χ3v) is 7.11. The molecule has 0 bridgehead atoms. The van der Waals surface area contributed by atoms with Crippen molar-refractivity contribution in [3.8, 4) is 11.1 Å². The molecule has 1 aromatic carbocycles. The largest absolute Gasteiger partial charge is 0.442 e. The molecule has 220 valence electrons. The van der Waals surface area contributed by atoms with E-state index in [0.29, 0.717) is 31.2 Å². The van der Waals surface area contributed by atoms with Crippen LogP contribution in [0.1, 0.15) is 42.5 Å². The number of benzene rings is 1. The molecule has 42 heavy (non-hydrogen) atoms. The number of rotatable bonds is 5. The summed E-state index contributed by atoms with van der Waals surface area (Å²) in [7, 11) is 1.76. The van der Waals surface area contributed by atoms with Crippen molar-refractivity contribution in [2.24, 2.45) is 7.05 Å². The molecule has 3 aromatic heterocycles. The highest BCUT2D eigenvalue weighted by molar-refractivity contribution is 5.94. The van der Waals surface area contributed by atoms with Gasteiger partial charge in [0.2, 0.25) is 0 Å². The summed E-state index contributed by atoms with van der Waals surface area (Å²) in [6.45, 7) is 5.31. The third kappa shape index (κ3) is 5.43. The van der Waals surface area contributed by atoms with Crippen LogP contribution in [0, 0.1) is 0 Å². The van der Waals surface area contributed by atoms with E-state index in [9.17, 15) is 18.4 Å². The Morgan fingerprint density at radius 1 is 1.10 bits per heavy atom. The third-order valence-electron chi connectivity index (χ3n) is 7.11. The number of hydrogen-bond donors (Lipinski definition) is 1. The first-order valence-electron chi connectivity index (χ1n) is 13.4. The van der Waals surface area contributed by atoms with E-state index in [1.807, 2.05) is 29.2 Å². The maximum atomic E-state index is 13.3. The average molecular weight is 581 g/mol. The first-order valence-corrected chi connectivity index (χ1v) is 13.4. The van der Waals surface area contributed by atoms with Crippen molar-refractivity contribution in [1.29, 1.82) is 0 Å². The van der Waals surface area contributed by atoms with Crippen molar-refractivity contribution in [3.05, 3.63) is 59.7 Å². The number of nitrogens with zero attached hydrogens (tertiary/aromatic N) is 7. The van der Waals surface area contributed by atoms with E-state index < -0.39 is 36.6 Å². The highest BCUT2D eigenvalue weighted by Crippen LogP contribution is 2.31. The number of likely N-dealkylation sites (tertiary alicyclic amines) is 1. The molecule has 0 aliphatic carbocycles. The van der Waals surface area contributed by atoms with Crippen LogP contribution in [0.25, 0.3) is 11.1 Å². The number of ether oxygens (including phenoxy) is 1. The Hall–Kier alpha value is -4.75. The van der Waals surface area contributed by atoms with Gasteiger partial charge in [-0.1, -0.05) is 22.3 Å². The molecule has 0 unspecified atom stereocenters. The topological polar surface area (TPSA) is 124 Å². The summed E-state index contributed by atoms with van der Waals surface area (Å²) < 4.78 is 40.7. The van der Waals surface area contributed by atoms with Crippen molar-refractivity contribution in [2.75, 3.05) is 29.9 Å². The molecule has 1 amide bonds. The van der Waals surface area contributed by atoms with Gasteiger partial charge in [0.1, 0.15) is 11.3 Å². The molecule has 0 atom stereocenters. The van der Waals surface area contributed by atoms with Crippen LogP contribution in [-0.4, -0.2) is 72.6 Å². The molecule has 2 aliphatic heterocycles. The number of carbonyl (C=O) groups excluding carboxylic acids is 2. The normalized spacial score (nSPS) is 16.1. The van der Waals surface area contributed by atoms with Crippen molar-refractivity contribution in [2.45, 2.75) is 45.3 Å². The van der Waals surface area contributed by atoms with Gasteiger partial charge in [-0.2, -0.15) is 9.78 Å². The summed E-state index contributed by atoms with van der Waals surface area (Å²) in [5.74, 6) is -3.20. The second-order valence-electron chi connectivity index (χ2n) is 11.5. The summed E-state index contributed by atoms with van der Waals surface area (Å²) in [6.07, 6.45) is 3.29. The molecular weight excluding hydrogens is 550 g/mol. The Morgan fingerprint density at radius 3 is 2.52 bits per heavy atom. The van der Waals surface area contributed by atoms with Crippen molar-refractivity contribution < 1.29 is 27.5 Å². The summed E-state index contributed by atoms with van der Waals surface area (Å²) >= 11 is 0. The molecule has 1 N–H and O–H groups in total. The van der Waals surface area contributed by atoms with Gasteiger partial charge >= 0.3 is 18.1 Å². The van der Waals surface area contributed by atoms with Crippen LogP contribution >= 0.6 is 0 Å². The van der Waals surface area contributed by atoms with Gasteiger partial charge in [0.05, 0.1) is 25.8 Å². The lowest BCUT2D eigenvalue weighted by Gasteiger charge is -2.38. The molecule has 1 saturated heterocycles. The van der Waals surface area contributed by atoms with Gasteiger partial charge in [0, 0.05) is 36.7 Å². The van der Waals surface area contributed by atoms with E-state index in [1.165, 1.54) is 0 Å². The Kier molecular flexibility index (Phi) is 6.50. The lowest BCUT2D eigenvalue weighted by molar-refractivity contribution is -0.113. The van der Waals surface area contributed by atoms with Crippen LogP contribution in [0.3, 0.4) is 0 Å². The first-order chi connectivity index (χ1) is 19.8. The summed E-state index contributed by atoms with van der Waals surface area (Å²) in [6, 6.07) is 9.75. The first kappa shape index (κ1) is 27.4. The summed E-state index contributed by atoms with van der Waals surface area (Å²) in [5.41, 5.74) is 4.00. The number of nitrogens with one attached hydrogen (secondary N) is 1. The van der Waals surface area contributed by atoms with Gasteiger partial charge in [-0.05, 0) is 56.5 Å². The maximum Gasteiger partial charge on any atom is 0.435 e. The van der Waals surface area contributed by atoms with Crippen molar-refractivity contribution in [1.82, 2.24) is 29.4 Å². The highest BCUT2D eigenvalue weighted by atomic mass is 19.3. The predicted octanol–water partition coefficient (Wildman–Crippen LogP) is 4.45. The van der Waals surface area contributed by atoms with E-state index >= 15 is 0 Å². The summed E-state index contributed by atoms with van der Waals surface area (Å²) in [4.78, 5) is 28.1. The van der Waals surface area contributed by atoms with Gasteiger partial charge in [-0.25, -0.2) is 13.6 Å². The fraction of sp³-hybridized carbons (Fsp3) is 0.393. The zero-order chi connectivity index (χ0) is 29.8. The average Bonchev–Trinajstić information content (AvgIpc) is 3.66. The molecule has 1 fully saturated rings. The molecule has 0 saturated carbocycles. The predicted molar refractivity (Wildman–Crippen MR) is 148 cm³/mol. The number of carbonyl (C=O) groups is 2. The number of anilines is 3. The number of alkyl halides is 2. The molecule has 0 spiro atoms. The second-order valence-corrected chi connectivity index (χ2v) is 11.5. The maximum absolute atomic E-state index is 13.3. The molecule has 4 aromatic rings. The zero-order valence-electron chi connectivity index (χ0n) is 23.6. The standard InChI is InChI=1S/C28H30F2N8O4/c1-27(2,3)42-26(40)38-13-19(12-31-38)17-5-7-20(8-6-17)32-24-33-34-25(41-24)36-10-9-18-11-21(35(4)22(18)14-36)23(39)37-15-28(29,30)16-37/h5-8,11-13H,9-10,14-16H2,1-4H3,(H,32,33). The van der Waals surface area contributed by atoms with Crippen LogP contribution in [-0.2, 0) is 24.8 Å². The van der Waals surface area contributed by atoms with Crippen LogP contribution < -0.4 is 10.2 Å². The molecule has 6 rings (SSSR count). The van der Waals surface area contributed by atoms with Gasteiger partial charge in [0.15, 0.2) is 0 Å². The monoisotopic (exact) mass is 580 g/mol. The minimum atomic E-state index is -2.81. The molecule has 12 nitrogen and oxygen atoms in total. The summed E-state index contributed by atoms with van der Waals surface area (Å²) in [5, 5.41) is 15.5. The molecular formula is C28H30F2N8O4. The van der Waals surface area contributed by atoms with Crippen LogP contribution in [0.2, 0.25) is 0 Å². The van der Waals surface area contributed by atoms with E-state index in [2.05, 4.69) is 20.6 Å². The molecule has 5 heterocycles. The lowest BCUT2D eigenvalue weighted by atomic mass is 10.1. The fourth-order valence-corrected chi connectivity index (χ4v) is 4.98. The van der Waals surface area contributed by atoms with E-state index in [-0.39, 0.29) is 6.01 Å².